The maximum atomic E-state index is 12.1. The van der Waals surface area contributed by atoms with Crippen LogP contribution in [-0.4, -0.2) is 44.6 Å². The van der Waals surface area contributed by atoms with Gasteiger partial charge in [-0.25, -0.2) is 0 Å². The van der Waals surface area contributed by atoms with Crippen molar-refractivity contribution in [2.45, 2.75) is 12.8 Å². The van der Waals surface area contributed by atoms with Crippen molar-refractivity contribution in [3.8, 4) is 5.75 Å². The van der Waals surface area contributed by atoms with Crippen LogP contribution in [-0.2, 0) is 0 Å². The van der Waals surface area contributed by atoms with Gasteiger partial charge in [0.1, 0.15) is 5.75 Å². The number of carbonyl (C=O) groups is 1. The van der Waals surface area contributed by atoms with E-state index in [1.165, 1.54) is 0 Å². The Morgan fingerprint density at radius 1 is 1.45 bits per heavy atom. The number of likely N-dealkylation sites (tertiary alicyclic amines) is 1. The second-order valence-electron chi connectivity index (χ2n) is 5.31. The highest BCUT2D eigenvalue weighted by Crippen LogP contribution is 2.25. The third kappa shape index (κ3) is 3.96. The SMILES string of the molecule is COc1ccc(C(=O)NCC2CCN(C)CC2)cc1Br. The van der Waals surface area contributed by atoms with E-state index in [1.807, 2.05) is 0 Å². The lowest BCUT2D eigenvalue weighted by molar-refractivity contribution is 0.0939. The number of hydrogen-bond donors (Lipinski definition) is 1. The van der Waals surface area contributed by atoms with Gasteiger partial charge in [0.05, 0.1) is 11.6 Å². The van der Waals surface area contributed by atoms with E-state index in [0.29, 0.717) is 11.5 Å². The van der Waals surface area contributed by atoms with Crippen LogP contribution in [0.5, 0.6) is 5.75 Å². The molecule has 20 heavy (non-hydrogen) atoms. The minimum absolute atomic E-state index is 0.0210. The zero-order chi connectivity index (χ0) is 14.5. The minimum atomic E-state index is -0.0210. The molecule has 0 saturated carbocycles. The van der Waals surface area contributed by atoms with Crippen LogP contribution in [0.15, 0.2) is 22.7 Å². The largest absolute Gasteiger partial charge is 0.496 e. The molecule has 1 saturated heterocycles. The van der Waals surface area contributed by atoms with Crippen molar-refractivity contribution in [2.24, 2.45) is 5.92 Å². The molecule has 5 heteroatoms. The van der Waals surface area contributed by atoms with E-state index < -0.39 is 0 Å². The van der Waals surface area contributed by atoms with E-state index in [1.54, 1.807) is 25.3 Å². The van der Waals surface area contributed by atoms with Crippen molar-refractivity contribution < 1.29 is 9.53 Å². The third-order valence-electron chi connectivity index (χ3n) is 3.80. The van der Waals surface area contributed by atoms with Crippen LogP contribution in [0.2, 0.25) is 0 Å². The number of benzene rings is 1. The molecule has 1 aromatic carbocycles. The van der Waals surface area contributed by atoms with Crippen molar-refractivity contribution in [1.82, 2.24) is 10.2 Å². The van der Waals surface area contributed by atoms with E-state index in [0.717, 1.165) is 42.7 Å². The van der Waals surface area contributed by atoms with Gasteiger partial charge in [0.2, 0.25) is 0 Å². The van der Waals surface area contributed by atoms with Gasteiger partial charge in [0.15, 0.2) is 0 Å². The Morgan fingerprint density at radius 2 is 2.15 bits per heavy atom. The summed E-state index contributed by atoms with van der Waals surface area (Å²) in [7, 11) is 3.75. The van der Waals surface area contributed by atoms with Crippen molar-refractivity contribution in [1.29, 1.82) is 0 Å². The summed E-state index contributed by atoms with van der Waals surface area (Å²) in [6.45, 7) is 3.00. The summed E-state index contributed by atoms with van der Waals surface area (Å²) in [6, 6.07) is 5.38. The molecule has 0 aliphatic carbocycles. The summed E-state index contributed by atoms with van der Waals surface area (Å²) in [4.78, 5) is 14.5. The molecule has 1 aromatic rings. The molecule has 0 bridgehead atoms. The van der Waals surface area contributed by atoms with Gasteiger partial charge in [-0.05, 0) is 73.0 Å². The molecule has 1 N–H and O–H groups in total. The first-order valence-electron chi connectivity index (χ1n) is 6.90. The molecule has 1 aliphatic heterocycles. The second-order valence-corrected chi connectivity index (χ2v) is 6.16. The van der Waals surface area contributed by atoms with E-state index >= 15 is 0 Å². The average Bonchev–Trinajstić information content (AvgIpc) is 2.46. The molecular formula is C15H21BrN2O2. The van der Waals surface area contributed by atoms with Crippen LogP contribution in [0, 0.1) is 5.92 Å². The summed E-state index contributed by atoms with van der Waals surface area (Å²) >= 11 is 3.40. The first-order chi connectivity index (χ1) is 9.60. The van der Waals surface area contributed by atoms with Gasteiger partial charge in [-0.2, -0.15) is 0 Å². The average molecular weight is 341 g/mol. The van der Waals surface area contributed by atoms with Gasteiger partial charge in [0, 0.05) is 12.1 Å². The smallest absolute Gasteiger partial charge is 0.251 e. The molecule has 1 fully saturated rings. The van der Waals surface area contributed by atoms with E-state index in [-0.39, 0.29) is 5.91 Å². The van der Waals surface area contributed by atoms with E-state index in [4.69, 9.17) is 4.74 Å². The van der Waals surface area contributed by atoms with Crippen LogP contribution in [0.25, 0.3) is 0 Å². The first kappa shape index (κ1) is 15.3. The van der Waals surface area contributed by atoms with Gasteiger partial charge >= 0.3 is 0 Å². The molecule has 0 atom stereocenters. The van der Waals surface area contributed by atoms with E-state index in [2.05, 4.69) is 33.2 Å². The Labute approximate surface area is 128 Å². The van der Waals surface area contributed by atoms with Crippen molar-refractivity contribution in [2.75, 3.05) is 33.8 Å². The highest BCUT2D eigenvalue weighted by molar-refractivity contribution is 9.10. The quantitative estimate of drug-likeness (QED) is 0.915. The molecule has 0 unspecified atom stereocenters. The maximum absolute atomic E-state index is 12.1. The Bertz CT molecular complexity index is 471. The standard InChI is InChI=1S/C15H21BrN2O2/c1-18-7-5-11(6-8-18)10-17-15(19)12-3-4-14(20-2)13(16)9-12/h3-4,9,11H,5-8,10H2,1-2H3,(H,17,19). The molecule has 0 radical (unpaired) electrons. The lowest BCUT2D eigenvalue weighted by atomic mass is 9.97. The molecule has 2 rings (SSSR count). The summed E-state index contributed by atoms with van der Waals surface area (Å²) in [6.07, 6.45) is 2.31. The number of piperidine rings is 1. The van der Waals surface area contributed by atoms with Gasteiger partial charge in [0.25, 0.3) is 5.91 Å². The van der Waals surface area contributed by atoms with Crippen molar-refractivity contribution in [3.05, 3.63) is 28.2 Å². The summed E-state index contributed by atoms with van der Waals surface area (Å²) in [5, 5.41) is 3.03. The number of rotatable bonds is 4. The molecule has 0 spiro atoms. The molecule has 1 heterocycles. The lowest BCUT2D eigenvalue weighted by Gasteiger charge is -2.28. The monoisotopic (exact) mass is 340 g/mol. The summed E-state index contributed by atoms with van der Waals surface area (Å²) < 4.78 is 5.96. The predicted molar refractivity (Wildman–Crippen MR) is 83.2 cm³/mol. The molecule has 1 aliphatic rings. The maximum Gasteiger partial charge on any atom is 0.251 e. The lowest BCUT2D eigenvalue weighted by Crippen LogP contribution is -2.36. The summed E-state index contributed by atoms with van der Waals surface area (Å²) in [5.74, 6) is 1.31. The Balaban J connectivity index is 1.87. The Hall–Kier alpha value is -1.07. The zero-order valence-electron chi connectivity index (χ0n) is 12.0. The van der Waals surface area contributed by atoms with Crippen LogP contribution in [0.4, 0.5) is 0 Å². The normalized spacial score (nSPS) is 16.9. The second kappa shape index (κ2) is 7.09. The van der Waals surface area contributed by atoms with Crippen LogP contribution in [0.3, 0.4) is 0 Å². The van der Waals surface area contributed by atoms with Crippen LogP contribution >= 0.6 is 15.9 Å². The summed E-state index contributed by atoms with van der Waals surface area (Å²) in [5.41, 5.74) is 0.658. The fourth-order valence-corrected chi connectivity index (χ4v) is 2.95. The highest BCUT2D eigenvalue weighted by Gasteiger charge is 2.17. The van der Waals surface area contributed by atoms with Gasteiger partial charge in [-0.15, -0.1) is 0 Å². The molecular weight excluding hydrogens is 320 g/mol. The molecule has 0 aromatic heterocycles. The number of amides is 1. The Morgan fingerprint density at radius 3 is 2.75 bits per heavy atom. The first-order valence-corrected chi connectivity index (χ1v) is 7.69. The van der Waals surface area contributed by atoms with Crippen molar-refractivity contribution >= 4 is 21.8 Å². The number of nitrogens with one attached hydrogen (secondary N) is 1. The van der Waals surface area contributed by atoms with Crippen LogP contribution in [0.1, 0.15) is 23.2 Å². The number of ether oxygens (including phenoxy) is 1. The predicted octanol–water partition coefficient (Wildman–Crippen LogP) is 2.53. The fraction of sp³-hybridized carbons (Fsp3) is 0.533. The highest BCUT2D eigenvalue weighted by atomic mass is 79.9. The number of halogens is 1. The zero-order valence-corrected chi connectivity index (χ0v) is 13.6. The Kier molecular flexibility index (Phi) is 5.43. The number of nitrogens with zero attached hydrogens (tertiary/aromatic N) is 1. The number of methoxy groups -OCH3 is 1. The fourth-order valence-electron chi connectivity index (χ4n) is 2.41. The van der Waals surface area contributed by atoms with Crippen LogP contribution < -0.4 is 10.1 Å². The minimum Gasteiger partial charge on any atom is -0.496 e. The van der Waals surface area contributed by atoms with Gasteiger partial charge in [-0.1, -0.05) is 0 Å². The number of carbonyl (C=O) groups excluding carboxylic acids is 1. The molecule has 110 valence electrons. The van der Waals surface area contributed by atoms with Gasteiger partial charge < -0.3 is 15.0 Å². The molecule has 1 amide bonds. The topological polar surface area (TPSA) is 41.6 Å². The third-order valence-corrected chi connectivity index (χ3v) is 4.42. The van der Waals surface area contributed by atoms with E-state index in [9.17, 15) is 4.79 Å². The van der Waals surface area contributed by atoms with Gasteiger partial charge in [-0.3, -0.25) is 4.79 Å². The molecule has 4 nitrogen and oxygen atoms in total. The number of hydrogen-bond acceptors (Lipinski definition) is 3. The van der Waals surface area contributed by atoms with Crippen molar-refractivity contribution in [3.63, 3.8) is 0 Å².